The minimum Gasteiger partial charge on any atom is -0.490 e. The molecule has 0 bridgehead atoms. The molecule has 0 saturated carbocycles. The number of rotatable bonds is 3. The summed E-state index contributed by atoms with van der Waals surface area (Å²) >= 11 is 0. The predicted molar refractivity (Wildman–Crippen MR) is 75.7 cm³/mol. The van der Waals surface area contributed by atoms with E-state index in [1.54, 1.807) is 0 Å². The zero-order valence-corrected chi connectivity index (χ0v) is 11.4. The fraction of sp³-hybridized carbons (Fsp3) is 0.250. The molecule has 2 aromatic carbocycles. The lowest BCUT2D eigenvalue weighted by molar-refractivity contribution is 0.297. The quantitative estimate of drug-likeness (QED) is 0.934. The maximum atomic E-state index is 13.5. The van der Waals surface area contributed by atoms with Crippen LogP contribution in [0.15, 0.2) is 36.4 Å². The maximum absolute atomic E-state index is 13.5. The maximum Gasteiger partial charge on any atom is 0.161 e. The molecule has 3 rings (SSSR count). The van der Waals surface area contributed by atoms with Gasteiger partial charge in [0.1, 0.15) is 17.3 Å². The number of nitrogens with one attached hydrogen (secondary N) is 1. The molecular weight excluding hydrogens is 276 g/mol. The Morgan fingerprint density at radius 3 is 2.43 bits per heavy atom. The number of hydrogen-bond acceptors (Lipinski definition) is 3. The molecule has 0 aromatic heterocycles. The lowest BCUT2D eigenvalue weighted by Gasteiger charge is -2.11. The summed E-state index contributed by atoms with van der Waals surface area (Å²) in [5.74, 6) is 0.155. The molecule has 110 valence electrons. The number of fused-ring (bicyclic) bond motifs is 1. The van der Waals surface area contributed by atoms with Gasteiger partial charge in [-0.25, -0.2) is 8.78 Å². The first-order valence-corrected chi connectivity index (χ1v) is 6.80. The minimum atomic E-state index is -0.607. The second kappa shape index (κ2) is 5.99. The normalized spacial score (nSPS) is 13.6. The first kappa shape index (κ1) is 13.7. The van der Waals surface area contributed by atoms with Gasteiger partial charge in [0.25, 0.3) is 0 Å². The first-order valence-electron chi connectivity index (χ1n) is 6.80. The SMILES string of the molecule is Fc1cccc(F)c1NCc1ccc2c(c1)OCCCO2. The molecule has 1 aliphatic rings. The van der Waals surface area contributed by atoms with Gasteiger partial charge in [-0.3, -0.25) is 0 Å². The summed E-state index contributed by atoms with van der Waals surface area (Å²) in [6.07, 6.45) is 0.836. The van der Waals surface area contributed by atoms with E-state index in [2.05, 4.69) is 5.32 Å². The van der Waals surface area contributed by atoms with Crippen LogP contribution in [0.4, 0.5) is 14.5 Å². The minimum absolute atomic E-state index is 0.121. The highest BCUT2D eigenvalue weighted by molar-refractivity contribution is 5.48. The van der Waals surface area contributed by atoms with Gasteiger partial charge >= 0.3 is 0 Å². The van der Waals surface area contributed by atoms with Crippen LogP contribution in [0, 0.1) is 11.6 Å². The van der Waals surface area contributed by atoms with Crippen molar-refractivity contribution in [3.8, 4) is 11.5 Å². The molecule has 21 heavy (non-hydrogen) atoms. The summed E-state index contributed by atoms with van der Waals surface area (Å²) in [4.78, 5) is 0. The lowest BCUT2D eigenvalue weighted by Crippen LogP contribution is -2.04. The molecule has 5 heteroatoms. The van der Waals surface area contributed by atoms with Crippen molar-refractivity contribution >= 4 is 5.69 Å². The summed E-state index contributed by atoms with van der Waals surface area (Å²) in [7, 11) is 0. The van der Waals surface area contributed by atoms with E-state index in [1.807, 2.05) is 18.2 Å². The lowest BCUT2D eigenvalue weighted by atomic mass is 10.2. The summed E-state index contributed by atoms with van der Waals surface area (Å²) in [6, 6.07) is 9.27. The van der Waals surface area contributed by atoms with Crippen LogP contribution in [-0.2, 0) is 6.54 Å². The average molecular weight is 291 g/mol. The predicted octanol–water partition coefficient (Wildman–Crippen LogP) is 3.74. The van der Waals surface area contributed by atoms with Crippen LogP contribution in [0.3, 0.4) is 0 Å². The number of para-hydroxylation sites is 1. The van der Waals surface area contributed by atoms with Gasteiger partial charge in [-0.05, 0) is 29.8 Å². The van der Waals surface area contributed by atoms with Crippen LogP contribution < -0.4 is 14.8 Å². The van der Waals surface area contributed by atoms with E-state index >= 15 is 0 Å². The van der Waals surface area contributed by atoms with Crippen LogP contribution in [0.25, 0.3) is 0 Å². The van der Waals surface area contributed by atoms with Crippen LogP contribution >= 0.6 is 0 Å². The summed E-state index contributed by atoms with van der Waals surface area (Å²) in [6.45, 7) is 1.53. The summed E-state index contributed by atoms with van der Waals surface area (Å²) in [5, 5.41) is 2.77. The van der Waals surface area contributed by atoms with Crippen LogP contribution in [0.1, 0.15) is 12.0 Å². The van der Waals surface area contributed by atoms with Gasteiger partial charge in [0, 0.05) is 13.0 Å². The Morgan fingerprint density at radius 1 is 0.952 bits per heavy atom. The third kappa shape index (κ3) is 3.07. The van der Waals surface area contributed by atoms with Crippen molar-refractivity contribution in [3.63, 3.8) is 0 Å². The molecule has 0 radical (unpaired) electrons. The molecule has 0 fully saturated rings. The Hall–Kier alpha value is -2.30. The monoisotopic (exact) mass is 291 g/mol. The van der Waals surface area contributed by atoms with E-state index in [-0.39, 0.29) is 5.69 Å². The second-order valence-corrected chi connectivity index (χ2v) is 4.78. The van der Waals surface area contributed by atoms with Gasteiger partial charge in [0.05, 0.1) is 13.2 Å². The molecule has 3 nitrogen and oxygen atoms in total. The number of hydrogen-bond donors (Lipinski definition) is 1. The van der Waals surface area contributed by atoms with E-state index in [1.165, 1.54) is 18.2 Å². The standard InChI is InChI=1S/C16H15F2NO2/c17-12-3-1-4-13(18)16(12)19-10-11-5-6-14-15(9-11)21-8-2-7-20-14/h1,3-6,9,19H,2,7-8,10H2. The molecule has 0 aliphatic carbocycles. The van der Waals surface area contributed by atoms with Gasteiger partial charge < -0.3 is 14.8 Å². The van der Waals surface area contributed by atoms with E-state index < -0.39 is 11.6 Å². The summed E-state index contributed by atoms with van der Waals surface area (Å²) in [5.41, 5.74) is 0.742. The Bertz CT molecular complexity index is 626. The van der Waals surface area contributed by atoms with E-state index in [4.69, 9.17) is 9.47 Å². The van der Waals surface area contributed by atoms with Gasteiger partial charge in [-0.2, -0.15) is 0 Å². The number of halogens is 2. The highest BCUT2D eigenvalue weighted by atomic mass is 19.1. The molecule has 1 N–H and O–H groups in total. The topological polar surface area (TPSA) is 30.5 Å². The average Bonchev–Trinajstić information content (AvgIpc) is 2.71. The van der Waals surface area contributed by atoms with E-state index in [0.29, 0.717) is 31.3 Å². The highest BCUT2D eigenvalue weighted by Gasteiger charge is 2.12. The van der Waals surface area contributed by atoms with Crippen LogP contribution in [0.2, 0.25) is 0 Å². The van der Waals surface area contributed by atoms with Crippen molar-refractivity contribution in [1.29, 1.82) is 0 Å². The Labute approximate surface area is 121 Å². The van der Waals surface area contributed by atoms with Crippen LogP contribution in [-0.4, -0.2) is 13.2 Å². The molecular formula is C16H15F2NO2. The number of anilines is 1. The first-order chi connectivity index (χ1) is 10.2. The molecule has 0 atom stereocenters. The molecule has 1 aliphatic heterocycles. The highest BCUT2D eigenvalue weighted by Crippen LogP contribution is 2.30. The van der Waals surface area contributed by atoms with Gasteiger partial charge in [-0.1, -0.05) is 12.1 Å². The van der Waals surface area contributed by atoms with Gasteiger partial charge in [0.2, 0.25) is 0 Å². The van der Waals surface area contributed by atoms with Crippen molar-refractivity contribution in [3.05, 3.63) is 53.6 Å². The number of ether oxygens (including phenoxy) is 2. The van der Waals surface area contributed by atoms with Crippen molar-refractivity contribution in [2.24, 2.45) is 0 Å². The molecule has 2 aromatic rings. The summed E-state index contributed by atoms with van der Waals surface area (Å²) < 4.78 is 38.2. The molecule has 0 amide bonds. The Morgan fingerprint density at radius 2 is 1.67 bits per heavy atom. The fourth-order valence-electron chi connectivity index (χ4n) is 2.17. The fourth-order valence-corrected chi connectivity index (χ4v) is 2.17. The smallest absolute Gasteiger partial charge is 0.161 e. The Kier molecular flexibility index (Phi) is 3.90. The number of benzene rings is 2. The zero-order chi connectivity index (χ0) is 14.7. The molecule has 0 unspecified atom stereocenters. The van der Waals surface area contributed by atoms with Crippen LogP contribution in [0.5, 0.6) is 11.5 Å². The van der Waals surface area contributed by atoms with Crippen molar-refractivity contribution in [2.45, 2.75) is 13.0 Å². The van der Waals surface area contributed by atoms with Crippen molar-refractivity contribution in [2.75, 3.05) is 18.5 Å². The third-order valence-electron chi connectivity index (χ3n) is 3.24. The molecule has 0 saturated heterocycles. The van der Waals surface area contributed by atoms with E-state index in [0.717, 1.165) is 12.0 Å². The zero-order valence-electron chi connectivity index (χ0n) is 11.4. The van der Waals surface area contributed by atoms with Gasteiger partial charge in [-0.15, -0.1) is 0 Å². The largest absolute Gasteiger partial charge is 0.490 e. The van der Waals surface area contributed by atoms with Crippen molar-refractivity contribution < 1.29 is 18.3 Å². The van der Waals surface area contributed by atoms with Crippen molar-refractivity contribution in [1.82, 2.24) is 0 Å². The van der Waals surface area contributed by atoms with E-state index in [9.17, 15) is 8.78 Å². The molecule has 0 spiro atoms. The van der Waals surface area contributed by atoms with Gasteiger partial charge in [0.15, 0.2) is 11.5 Å². The second-order valence-electron chi connectivity index (χ2n) is 4.78. The molecule has 1 heterocycles. The Balaban J connectivity index is 1.75. The third-order valence-corrected chi connectivity index (χ3v) is 3.24.